The minimum atomic E-state index is 0.968. The van der Waals surface area contributed by atoms with Crippen LogP contribution in [0.15, 0.2) is 0 Å². The molecule has 1 heterocycles. The first-order valence-corrected chi connectivity index (χ1v) is 5.10. The second-order valence-corrected chi connectivity index (χ2v) is 4.33. The minimum Gasteiger partial charge on any atom is -0.300 e. The molecule has 2 fully saturated rings. The van der Waals surface area contributed by atoms with E-state index < -0.39 is 0 Å². The summed E-state index contributed by atoms with van der Waals surface area (Å²) >= 11 is 0. The summed E-state index contributed by atoms with van der Waals surface area (Å²) in [5.74, 6) is 0.968. The molecule has 2 aliphatic rings. The molecule has 1 saturated carbocycles. The second-order valence-electron chi connectivity index (χ2n) is 4.33. The zero-order valence-electron chi connectivity index (χ0n) is 7.55. The molecule has 1 aliphatic carbocycles. The highest BCUT2D eigenvalue weighted by Gasteiger charge is 2.27. The van der Waals surface area contributed by atoms with Gasteiger partial charge in [-0.2, -0.15) is 0 Å². The van der Waals surface area contributed by atoms with Gasteiger partial charge in [-0.05, 0) is 31.7 Å². The van der Waals surface area contributed by atoms with Crippen molar-refractivity contribution in [1.82, 2.24) is 4.90 Å². The molecule has 11 heavy (non-hydrogen) atoms. The van der Waals surface area contributed by atoms with Crippen LogP contribution in [0.4, 0.5) is 0 Å². The smallest absolute Gasteiger partial charge is 0.00953 e. The van der Waals surface area contributed by atoms with Crippen molar-refractivity contribution in [1.29, 1.82) is 0 Å². The van der Waals surface area contributed by atoms with Crippen LogP contribution in [0.5, 0.6) is 0 Å². The molecule has 1 saturated heterocycles. The van der Waals surface area contributed by atoms with Crippen molar-refractivity contribution >= 4 is 0 Å². The predicted molar refractivity (Wildman–Crippen MR) is 47.6 cm³/mol. The van der Waals surface area contributed by atoms with Crippen LogP contribution in [0, 0.1) is 5.92 Å². The minimum absolute atomic E-state index is 0.968. The molecule has 0 bridgehead atoms. The molecule has 1 aliphatic heterocycles. The van der Waals surface area contributed by atoms with E-state index in [1.54, 1.807) is 0 Å². The van der Waals surface area contributed by atoms with E-state index in [4.69, 9.17) is 0 Å². The highest BCUT2D eigenvalue weighted by molar-refractivity contribution is 4.82. The van der Waals surface area contributed by atoms with Crippen LogP contribution in [0.25, 0.3) is 0 Å². The zero-order valence-corrected chi connectivity index (χ0v) is 7.55. The van der Waals surface area contributed by atoms with Crippen LogP contribution in [-0.2, 0) is 0 Å². The van der Waals surface area contributed by atoms with Crippen LogP contribution in [-0.4, -0.2) is 24.0 Å². The van der Waals surface area contributed by atoms with Crippen LogP contribution in [0.1, 0.15) is 39.0 Å². The molecule has 0 unspecified atom stereocenters. The Labute approximate surface area is 69.8 Å². The Hall–Kier alpha value is -0.0400. The van der Waals surface area contributed by atoms with Gasteiger partial charge in [0, 0.05) is 12.6 Å². The fourth-order valence-corrected chi connectivity index (χ4v) is 2.57. The topological polar surface area (TPSA) is 3.24 Å². The maximum atomic E-state index is 2.72. The molecule has 0 aromatic carbocycles. The van der Waals surface area contributed by atoms with Gasteiger partial charge in [0.15, 0.2) is 0 Å². The van der Waals surface area contributed by atoms with Crippen molar-refractivity contribution in [3.8, 4) is 0 Å². The normalized spacial score (nSPS) is 35.2. The molecule has 0 aromatic rings. The molecule has 0 N–H and O–H groups in total. The lowest BCUT2D eigenvalue weighted by atomic mass is 10.2. The summed E-state index contributed by atoms with van der Waals surface area (Å²) < 4.78 is 0. The van der Waals surface area contributed by atoms with E-state index in [1.165, 1.54) is 45.2 Å². The lowest BCUT2D eigenvalue weighted by Gasteiger charge is -2.22. The number of hydrogen-bond donors (Lipinski definition) is 0. The first-order chi connectivity index (χ1) is 5.36. The fourth-order valence-electron chi connectivity index (χ4n) is 2.57. The van der Waals surface area contributed by atoms with Gasteiger partial charge < -0.3 is 4.90 Å². The lowest BCUT2D eigenvalue weighted by molar-refractivity contribution is 0.239. The Morgan fingerprint density at radius 1 is 1.09 bits per heavy atom. The highest BCUT2D eigenvalue weighted by atomic mass is 15.2. The molecule has 1 heteroatoms. The number of nitrogens with zero attached hydrogens (tertiary/aromatic N) is 1. The van der Waals surface area contributed by atoms with Gasteiger partial charge in [0.1, 0.15) is 0 Å². The van der Waals surface area contributed by atoms with Gasteiger partial charge in [0.25, 0.3) is 0 Å². The van der Waals surface area contributed by atoms with Gasteiger partial charge in [-0.1, -0.05) is 19.8 Å². The summed E-state index contributed by atoms with van der Waals surface area (Å²) in [5.41, 5.74) is 0. The summed E-state index contributed by atoms with van der Waals surface area (Å²) in [7, 11) is 0. The molecule has 64 valence electrons. The molecule has 0 aromatic heterocycles. The number of rotatable bonds is 1. The predicted octanol–water partition coefficient (Wildman–Crippen LogP) is 2.27. The van der Waals surface area contributed by atoms with Crippen molar-refractivity contribution in [3.63, 3.8) is 0 Å². The average Bonchev–Trinajstić information content (AvgIpc) is 2.55. The van der Waals surface area contributed by atoms with Crippen LogP contribution >= 0.6 is 0 Å². The van der Waals surface area contributed by atoms with Crippen LogP contribution < -0.4 is 0 Å². The third-order valence-electron chi connectivity index (χ3n) is 3.30. The zero-order chi connectivity index (χ0) is 7.68. The molecule has 2 rings (SSSR count). The van der Waals surface area contributed by atoms with E-state index >= 15 is 0 Å². The maximum absolute atomic E-state index is 2.72. The summed E-state index contributed by atoms with van der Waals surface area (Å²) in [4.78, 5) is 2.72. The summed E-state index contributed by atoms with van der Waals surface area (Å²) in [6.45, 7) is 5.14. The standard InChI is InChI=1S/C10H19N/c1-9-6-7-11(8-9)10-4-2-3-5-10/h9-10H,2-8H2,1H3/t9-/m0/s1. The molecule has 1 atom stereocenters. The molecule has 0 spiro atoms. The Morgan fingerprint density at radius 3 is 2.36 bits per heavy atom. The largest absolute Gasteiger partial charge is 0.300 e. The van der Waals surface area contributed by atoms with Gasteiger partial charge in [-0.3, -0.25) is 0 Å². The van der Waals surface area contributed by atoms with E-state index in [-0.39, 0.29) is 0 Å². The molecular formula is C10H19N. The summed E-state index contributed by atoms with van der Waals surface area (Å²) in [6.07, 6.45) is 7.36. The van der Waals surface area contributed by atoms with E-state index in [0.717, 1.165) is 12.0 Å². The first-order valence-electron chi connectivity index (χ1n) is 5.10. The molecular weight excluding hydrogens is 134 g/mol. The third-order valence-corrected chi connectivity index (χ3v) is 3.30. The maximum Gasteiger partial charge on any atom is 0.00953 e. The molecule has 0 radical (unpaired) electrons. The van der Waals surface area contributed by atoms with Crippen LogP contribution in [0.3, 0.4) is 0 Å². The van der Waals surface area contributed by atoms with E-state index in [1.807, 2.05) is 0 Å². The Morgan fingerprint density at radius 2 is 1.82 bits per heavy atom. The fraction of sp³-hybridized carbons (Fsp3) is 1.00. The highest BCUT2D eigenvalue weighted by Crippen LogP contribution is 2.27. The van der Waals surface area contributed by atoms with Gasteiger partial charge in [0.05, 0.1) is 0 Å². The first kappa shape index (κ1) is 7.60. The Bertz CT molecular complexity index is 127. The SMILES string of the molecule is C[C@H]1CCN(C2CCCC2)C1. The van der Waals surface area contributed by atoms with Crippen molar-refractivity contribution in [2.45, 2.75) is 45.1 Å². The van der Waals surface area contributed by atoms with Gasteiger partial charge in [-0.25, -0.2) is 0 Å². The van der Waals surface area contributed by atoms with Crippen molar-refractivity contribution in [2.75, 3.05) is 13.1 Å². The lowest BCUT2D eigenvalue weighted by Crippen LogP contribution is -2.30. The van der Waals surface area contributed by atoms with Crippen LogP contribution in [0.2, 0.25) is 0 Å². The summed E-state index contributed by atoms with van der Waals surface area (Å²) in [6, 6.07) is 0.972. The average molecular weight is 153 g/mol. The second kappa shape index (κ2) is 3.14. The van der Waals surface area contributed by atoms with E-state index in [0.29, 0.717) is 0 Å². The third kappa shape index (κ3) is 1.58. The Kier molecular flexibility index (Phi) is 2.17. The molecule has 1 nitrogen and oxygen atoms in total. The summed E-state index contributed by atoms with van der Waals surface area (Å²) in [5, 5.41) is 0. The van der Waals surface area contributed by atoms with E-state index in [9.17, 15) is 0 Å². The molecule has 0 amide bonds. The number of hydrogen-bond acceptors (Lipinski definition) is 1. The Balaban J connectivity index is 1.85. The number of likely N-dealkylation sites (tertiary alicyclic amines) is 1. The van der Waals surface area contributed by atoms with E-state index in [2.05, 4.69) is 11.8 Å². The van der Waals surface area contributed by atoms with Crippen molar-refractivity contribution < 1.29 is 0 Å². The van der Waals surface area contributed by atoms with Crippen molar-refractivity contribution in [2.24, 2.45) is 5.92 Å². The van der Waals surface area contributed by atoms with Gasteiger partial charge >= 0.3 is 0 Å². The van der Waals surface area contributed by atoms with Gasteiger partial charge in [-0.15, -0.1) is 0 Å². The van der Waals surface area contributed by atoms with Gasteiger partial charge in [0.2, 0.25) is 0 Å². The quantitative estimate of drug-likeness (QED) is 0.558. The van der Waals surface area contributed by atoms with Crippen molar-refractivity contribution in [3.05, 3.63) is 0 Å². The monoisotopic (exact) mass is 153 g/mol.